The minimum atomic E-state index is -0.833. The first kappa shape index (κ1) is 14.2. The number of hydrogen-bond acceptors (Lipinski definition) is 2. The number of carboxylic acid groups (broad SMARTS) is 1. The Bertz CT molecular complexity index is 81.9. The Balaban J connectivity index is 0. The fourth-order valence-electron chi connectivity index (χ4n) is 0.259. The van der Waals surface area contributed by atoms with Crippen molar-refractivity contribution in [3.8, 4) is 0 Å². The average molecular weight is 368 g/mol. The molecule has 0 aliphatic carbocycles. The van der Waals surface area contributed by atoms with Gasteiger partial charge in [0.25, 0.3) is 5.97 Å². The van der Waals surface area contributed by atoms with E-state index in [-0.39, 0.29) is 0 Å². The molecular weight excluding hydrogens is 356 g/mol. The van der Waals surface area contributed by atoms with E-state index < -0.39 is 5.97 Å². The van der Waals surface area contributed by atoms with Crippen molar-refractivity contribution in [3.05, 3.63) is 0 Å². The Morgan fingerprint density at radius 1 is 1.73 bits per heavy atom. The number of carbonyl (C=O) groups is 1. The molecule has 1 N–H and O–H groups in total. The molecule has 0 saturated heterocycles. The summed E-state index contributed by atoms with van der Waals surface area (Å²) in [6, 6.07) is 0.355. The van der Waals surface area contributed by atoms with Gasteiger partial charge in [-0.3, -0.25) is 4.79 Å². The van der Waals surface area contributed by atoms with E-state index in [9.17, 15) is 0 Å². The molecule has 0 amide bonds. The molecule has 63 valence electrons. The summed E-state index contributed by atoms with van der Waals surface area (Å²) >= 11 is 6.18. The van der Waals surface area contributed by atoms with Crippen molar-refractivity contribution in [1.29, 1.82) is 0 Å². The molecule has 0 aromatic rings. The molecule has 0 atom stereocenters. The normalized spacial score (nSPS) is 8.36. The Labute approximate surface area is 88.0 Å². The van der Waals surface area contributed by atoms with E-state index >= 15 is 0 Å². The van der Waals surface area contributed by atoms with E-state index in [4.69, 9.17) is 26.2 Å². The fraction of sp³-hybridized carbons (Fsp3) is 0.833. The SMILES string of the molecule is CC(=O)O.ClCOCC[CH2][Hg]. The Kier molecular flexibility index (Phi) is 17.1. The van der Waals surface area contributed by atoms with Crippen LogP contribution in [0.5, 0.6) is 0 Å². The monoisotopic (exact) mass is 369 g/mol. The summed E-state index contributed by atoms with van der Waals surface area (Å²) in [4.78, 5) is 9.00. The number of carboxylic acids is 1. The van der Waals surface area contributed by atoms with Crippen molar-refractivity contribution in [2.75, 3.05) is 12.7 Å². The van der Waals surface area contributed by atoms with Gasteiger partial charge in [0.1, 0.15) is 0 Å². The van der Waals surface area contributed by atoms with E-state index in [0.29, 0.717) is 6.07 Å². The molecule has 0 unspecified atom stereocenters. The standard InChI is InChI=1S/C4H8ClO.C2H4O2.Hg/c1-2-3-6-4-5;1-2(3)4;/h1-4H2;1H3,(H,3,4);. The second-order valence-electron chi connectivity index (χ2n) is 1.74. The second-order valence-corrected chi connectivity index (χ2v) is 4.71. The van der Waals surface area contributed by atoms with Gasteiger partial charge >= 0.3 is 65.5 Å². The molecule has 0 saturated carbocycles. The van der Waals surface area contributed by atoms with Crippen molar-refractivity contribution < 1.29 is 40.8 Å². The summed E-state index contributed by atoms with van der Waals surface area (Å²) in [5, 5.41) is 7.42. The molecule has 0 bridgehead atoms. The molecule has 0 radical (unpaired) electrons. The van der Waals surface area contributed by atoms with Crippen LogP contribution in [-0.4, -0.2) is 23.7 Å². The first-order valence-electron chi connectivity index (χ1n) is 3.27. The van der Waals surface area contributed by atoms with Crippen LogP contribution in [0, 0.1) is 0 Å². The van der Waals surface area contributed by atoms with E-state index in [2.05, 4.69) is 0 Å². The van der Waals surface area contributed by atoms with Crippen molar-refractivity contribution in [2.45, 2.75) is 17.3 Å². The van der Waals surface area contributed by atoms with E-state index in [1.54, 1.807) is 0 Å². The Morgan fingerprint density at radius 3 is 2.45 bits per heavy atom. The van der Waals surface area contributed by atoms with Gasteiger partial charge in [0, 0.05) is 6.92 Å². The summed E-state index contributed by atoms with van der Waals surface area (Å²) in [5.41, 5.74) is 0. The molecule has 0 aliphatic rings. The van der Waals surface area contributed by atoms with Crippen LogP contribution in [0.15, 0.2) is 0 Å². The molecule has 0 spiro atoms. The van der Waals surface area contributed by atoms with Crippen LogP contribution in [-0.2, 0) is 35.7 Å². The molecule has 0 aliphatic heterocycles. The maximum absolute atomic E-state index is 9.00. The third-order valence-electron chi connectivity index (χ3n) is 0.616. The molecule has 0 fully saturated rings. The molecule has 3 nitrogen and oxygen atoms in total. The zero-order valence-electron chi connectivity index (χ0n) is 6.68. The van der Waals surface area contributed by atoms with Crippen LogP contribution in [0.1, 0.15) is 13.3 Å². The Morgan fingerprint density at radius 2 is 2.18 bits per heavy atom. The van der Waals surface area contributed by atoms with Crippen LogP contribution in [0.4, 0.5) is 0 Å². The zero-order valence-corrected chi connectivity index (χ0v) is 12.9. The molecule has 11 heavy (non-hydrogen) atoms. The van der Waals surface area contributed by atoms with Crippen LogP contribution in [0.2, 0.25) is 3.93 Å². The van der Waals surface area contributed by atoms with Gasteiger partial charge in [-0.05, 0) is 0 Å². The average Bonchev–Trinajstić information content (AvgIpc) is 1.88. The van der Waals surface area contributed by atoms with Gasteiger partial charge in [-0.2, -0.15) is 0 Å². The van der Waals surface area contributed by atoms with E-state index in [1.807, 2.05) is 0 Å². The topological polar surface area (TPSA) is 46.5 Å². The fourth-order valence-corrected chi connectivity index (χ4v) is 1.16. The first-order valence-corrected chi connectivity index (χ1v) is 7.69. The van der Waals surface area contributed by atoms with Gasteiger partial charge in [0.05, 0.1) is 0 Å². The van der Waals surface area contributed by atoms with Gasteiger partial charge in [-0.25, -0.2) is 0 Å². The van der Waals surface area contributed by atoms with Gasteiger partial charge in [-0.15, -0.1) is 0 Å². The van der Waals surface area contributed by atoms with E-state index in [0.717, 1.165) is 39.7 Å². The molecule has 0 rings (SSSR count). The number of ether oxygens (including phenoxy) is 1. The maximum atomic E-state index is 9.00. The number of hydrogen-bond donors (Lipinski definition) is 1. The molecule has 5 heteroatoms. The van der Waals surface area contributed by atoms with Crippen molar-refractivity contribution in [1.82, 2.24) is 0 Å². The molecule has 0 aromatic carbocycles. The molecule has 0 heterocycles. The van der Waals surface area contributed by atoms with Crippen LogP contribution < -0.4 is 0 Å². The van der Waals surface area contributed by atoms with Crippen molar-refractivity contribution in [2.24, 2.45) is 0 Å². The molecule has 0 aromatic heterocycles. The van der Waals surface area contributed by atoms with Crippen molar-refractivity contribution in [3.63, 3.8) is 0 Å². The number of aliphatic carboxylic acids is 1. The van der Waals surface area contributed by atoms with Crippen LogP contribution in [0.25, 0.3) is 0 Å². The van der Waals surface area contributed by atoms with Crippen LogP contribution >= 0.6 is 11.6 Å². The number of rotatable bonds is 4. The predicted molar refractivity (Wildman–Crippen MR) is 39.4 cm³/mol. The number of halogens is 1. The summed E-state index contributed by atoms with van der Waals surface area (Å²) in [5.74, 6) is -0.833. The predicted octanol–water partition coefficient (Wildman–Crippen LogP) is 1.65. The van der Waals surface area contributed by atoms with Gasteiger partial charge in [0.15, 0.2) is 0 Å². The number of alkyl halides is 1. The Hall–Kier alpha value is 0.655. The van der Waals surface area contributed by atoms with Gasteiger partial charge in [0.2, 0.25) is 0 Å². The van der Waals surface area contributed by atoms with Crippen LogP contribution in [0.3, 0.4) is 0 Å². The summed E-state index contributed by atoms with van der Waals surface area (Å²) in [6.07, 6.45) is 1.20. The van der Waals surface area contributed by atoms with Gasteiger partial charge in [-0.1, -0.05) is 0 Å². The van der Waals surface area contributed by atoms with Gasteiger partial charge < -0.3 is 5.11 Å². The quantitative estimate of drug-likeness (QED) is 0.466. The summed E-state index contributed by atoms with van der Waals surface area (Å²) in [7, 11) is 0. The van der Waals surface area contributed by atoms with E-state index in [1.165, 1.54) is 10.4 Å². The third-order valence-corrected chi connectivity index (χ3v) is 2.71. The van der Waals surface area contributed by atoms with Crippen molar-refractivity contribution >= 4 is 17.6 Å². The first-order chi connectivity index (χ1) is 5.15. The third kappa shape index (κ3) is 36.8. The minimum absolute atomic E-state index is 0.355. The summed E-state index contributed by atoms with van der Waals surface area (Å²) in [6.45, 7) is 1.94. The second kappa shape index (κ2) is 13.3. The summed E-state index contributed by atoms with van der Waals surface area (Å²) < 4.78 is 6.24. The zero-order chi connectivity index (χ0) is 9.11. The molecular formula is C6H12ClHgO3.